The second kappa shape index (κ2) is 12.7. The summed E-state index contributed by atoms with van der Waals surface area (Å²) in [6.45, 7) is 7.23. The van der Waals surface area contributed by atoms with E-state index in [0.717, 1.165) is 83.6 Å². The van der Waals surface area contributed by atoms with Crippen molar-refractivity contribution in [2.75, 3.05) is 51.2 Å². The predicted molar refractivity (Wildman–Crippen MR) is 179 cm³/mol. The molecule has 7 rings (SSSR count). The van der Waals surface area contributed by atoms with Crippen molar-refractivity contribution in [2.24, 2.45) is 23.7 Å². The second-order valence-corrected chi connectivity index (χ2v) is 16.2. The summed E-state index contributed by atoms with van der Waals surface area (Å²) in [5.41, 5.74) is 4.01. The van der Waals surface area contributed by atoms with Crippen LogP contribution in [0, 0.1) is 23.7 Å². The van der Waals surface area contributed by atoms with Crippen LogP contribution in [0.5, 0.6) is 0 Å². The van der Waals surface area contributed by atoms with Crippen LogP contribution in [-0.2, 0) is 26.6 Å². The SMILES string of the molecule is CN1Cc2ccccc2C(C2CCN(CC3CN(c4ccc(S(=O)(=O)c5ccncc5)cc4)C3)CC2)(C2CCCC2CC(=O)O)C1. The molecule has 46 heavy (non-hydrogen) atoms. The lowest BCUT2D eigenvalue weighted by Gasteiger charge is -2.55. The third kappa shape index (κ3) is 5.86. The highest BCUT2D eigenvalue weighted by molar-refractivity contribution is 7.91. The number of piperidine rings is 1. The van der Waals surface area contributed by atoms with Gasteiger partial charge in [-0.2, -0.15) is 0 Å². The number of rotatable bonds is 9. The summed E-state index contributed by atoms with van der Waals surface area (Å²) in [7, 11) is -1.30. The molecule has 3 unspecified atom stereocenters. The molecule has 0 amide bonds. The van der Waals surface area contributed by atoms with Gasteiger partial charge in [0.05, 0.1) is 9.79 Å². The Labute approximate surface area is 273 Å². The summed E-state index contributed by atoms with van der Waals surface area (Å²) in [6.07, 6.45) is 8.91. The third-order valence-corrected chi connectivity index (χ3v) is 13.3. The summed E-state index contributed by atoms with van der Waals surface area (Å²) in [5.74, 6) is 1.16. The normalized spacial score (nSPS) is 26.5. The van der Waals surface area contributed by atoms with Crippen LogP contribution in [0.15, 0.2) is 82.8 Å². The lowest BCUT2D eigenvalue weighted by Crippen LogP contribution is -2.57. The molecule has 8 nitrogen and oxygen atoms in total. The molecule has 2 aromatic carbocycles. The minimum absolute atomic E-state index is 0.0105. The van der Waals surface area contributed by atoms with Crippen molar-refractivity contribution in [1.29, 1.82) is 0 Å². The Balaban J connectivity index is 0.994. The number of carbonyl (C=O) groups is 1. The average molecular weight is 643 g/mol. The quantitative estimate of drug-likeness (QED) is 0.335. The first-order valence-corrected chi connectivity index (χ1v) is 18.4. The Morgan fingerprint density at radius 2 is 1.63 bits per heavy atom. The Bertz CT molecular complexity index is 1640. The molecule has 2 saturated heterocycles. The monoisotopic (exact) mass is 642 g/mol. The molecule has 3 atom stereocenters. The minimum atomic E-state index is -3.54. The summed E-state index contributed by atoms with van der Waals surface area (Å²) in [6, 6.07) is 19.4. The fourth-order valence-corrected chi connectivity index (χ4v) is 10.8. The number of aromatic nitrogens is 1. The van der Waals surface area contributed by atoms with Gasteiger partial charge in [0.2, 0.25) is 9.84 Å². The molecule has 3 aromatic rings. The number of hydrogen-bond acceptors (Lipinski definition) is 7. The molecule has 3 aliphatic heterocycles. The number of likely N-dealkylation sites (N-methyl/N-ethyl adjacent to an activating group) is 1. The summed E-state index contributed by atoms with van der Waals surface area (Å²) >= 11 is 0. The molecule has 1 aliphatic carbocycles. The van der Waals surface area contributed by atoms with Crippen LogP contribution in [0.25, 0.3) is 0 Å². The second-order valence-electron chi connectivity index (χ2n) is 14.3. The van der Waals surface area contributed by atoms with E-state index in [1.165, 1.54) is 35.7 Å². The molecule has 1 N–H and O–H groups in total. The molecule has 1 saturated carbocycles. The van der Waals surface area contributed by atoms with E-state index in [1.54, 1.807) is 12.1 Å². The molecule has 0 bridgehead atoms. The number of benzene rings is 2. The average Bonchev–Trinajstić information content (AvgIpc) is 3.51. The zero-order chi connectivity index (χ0) is 31.9. The predicted octanol–water partition coefficient (Wildman–Crippen LogP) is 5.34. The lowest BCUT2D eigenvalue weighted by molar-refractivity contribution is -0.138. The molecule has 1 aromatic heterocycles. The first-order valence-electron chi connectivity index (χ1n) is 17.0. The topological polar surface area (TPSA) is 94.0 Å². The van der Waals surface area contributed by atoms with E-state index in [2.05, 4.69) is 51.0 Å². The van der Waals surface area contributed by atoms with Crippen molar-refractivity contribution >= 4 is 21.5 Å². The molecule has 3 fully saturated rings. The van der Waals surface area contributed by atoms with Gasteiger partial charge in [-0.25, -0.2) is 8.42 Å². The zero-order valence-electron chi connectivity index (χ0n) is 26.8. The molecule has 4 heterocycles. The summed E-state index contributed by atoms with van der Waals surface area (Å²) in [4.78, 5) is 23.9. The van der Waals surface area contributed by atoms with Gasteiger partial charge in [-0.3, -0.25) is 9.78 Å². The summed E-state index contributed by atoms with van der Waals surface area (Å²) < 4.78 is 25.9. The fraction of sp³-hybridized carbons (Fsp3) is 0.514. The van der Waals surface area contributed by atoms with Gasteiger partial charge in [0.1, 0.15) is 0 Å². The fourth-order valence-electron chi connectivity index (χ4n) is 9.52. The number of carboxylic acids is 1. The van der Waals surface area contributed by atoms with Crippen molar-refractivity contribution in [1.82, 2.24) is 14.8 Å². The van der Waals surface area contributed by atoms with Crippen molar-refractivity contribution in [3.63, 3.8) is 0 Å². The van der Waals surface area contributed by atoms with E-state index < -0.39 is 15.8 Å². The van der Waals surface area contributed by atoms with Gasteiger partial charge < -0.3 is 19.8 Å². The first-order chi connectivity index (χ1) is 22.2. The van der Waals surface area contributed by atoms with Crippen LogP contribution in [-0.4, -0.2) is 80.6 Å². The van der Waals surface area contributed by atoms with Crippen molar-refractivity contribution < 1.29 is 18.3 Å². The van der Waals surface area contributed by atoms with E-state index in [4.69, 9.17) is 0 Å². The Kier molecular flexibility index (Phi) is 8.67. The number of carboxylic acid groups (broad SMARTS) is 1. The van der Waals surface area contributed by atoms with E-state index in [0.29, 0.717) is 29.1 Å². The van der Waals surface area contributed by atoms with Gasteiger partial charge in [-0.05, 0) is 111 Å². The standard InChI is InChI=1S/C37H46N4O4S/c1-39-25-29-5-2-3-7-35(29)37(26-39,34-8-4-6-28(34)21-36(42)43)30-15-19-40(20-16-30)22-27-23-41(24-27)31-9-11-32(12-10-31)46(44,45)33-13-17-38-18-14-33/h2-3,5,7,9-14,17-18,27-28,30,34H,4,6,8,15-16,19-26H2,1H3,(H,42,43). The Morgan fingerprint density at radius 3 is 2.35 bits per heavy atom. The van der Waals surface area contributed by atoms with Crippen LogP contribution in [0.3, 0.4) is 0 Å². The van der Waals surface area contributed by atoms with Crippen LogP contribution in [0.2, 0.25) is 0 Å². The van der Waals surface area contributed by atoms with Gasteiger partial charge in [0.25, 0.3) is 0 Å². The maximum Gasteiger partial charge on any atom is 0.303 e. The van der Waals surface area contributed by atoms with E-state index in [9.17, 15) is 18.3 Å². The van der Waals surface area contributed by atoms with E-state index in [1.807, 2.05) is 12.1 Å². The zero-order valence-corrected chi connectivity index (χ0v) is 27.6. The van der Waals surface area contributed by atoms with Crippen LogP contribution in [0.4, 0.5) is 5.69 Å². The minimum Gasteiger partial charge on any atom is -0.481 e. The maximum atomic E-state index is 13.0. The van der Waals surface area contributed by atoms with Crippen LogP contribution in [0.1, 0.15) is 49.7 Å². The van der Waals surface area contributed by atoms with Gasteiger partial charge in [0.15, 0.2) is 0 Å². The first kappa shape index (κ1) is 31.3. The molecule has 0 spiro atoms. The number of sulfone groups is 1. The number of aliphatic carboxylic acids is 1. The molecule has 9 heteroatoms. The Morgan fingerprint density at radius 1 is 0.935 bits per heavy atom. The Hall–Kier alpha value is -3.27. The highest BCUT2D eigenvalue weighted by Gasteiger charge is 2.54. The largest absolute Gasteiger partial charge is 0.481 e. The molecule has 4 aliphatic rings. The third-order valence-electron chi connectivity index (χ3n) is 11.5. The molecule has 0 radical (unpaired) electrons. The van der Waals surface area contributed by atoms with E-state index in [-0.39, 0.29) is 16.2 Å². The number of anilines is 1. The van der Waals surface area contributed by atoms with Crippen LogP contribution < -0.4 is 4.90 Å². The number of likely N-dealkylation sites (tertiary alicyclic amines) is 1. The van der Waals surface area contributed by atoms with Crippen molar-refractivity contribution in [3.8, 4) is 0 Å². The van der Waals surface area contributed by atoms with Gasteiger partial charge in [-0.15, -0.1) is 0 Å². The highest BCUT2D eigenvalue weighted by atomic mass is 32.2. The number of nitrogens with zero attached hydrogens (tertiary/aromatic N) is 4. The number of fused-ring (bicyclic) bond motifs is 1. The highest BCUT2D eigenvalue weighted by Crippen LogP contribution is 2.55. The molecular weight excluding hydrogens is 596 g/mol. The van der Waals surface area contributed by atoms with Gasteiger partial charge >= 0.3 is 5.97 Å². The molecular formula is C37H46N4O4S. The smallest absolute Gasteiger partial charge is 0.303 e. The van der Waals surface area contributed by atoms with Crippen LogP contribution >= 0.6 is 0 Å². The van der Waals surface area contributed by atoms with Crippen molar-refractivity contribution in [3.05, 3.63) is 84.2 Å². The lowest BCUT2D eigenvalue weighted by atomic mass is 9.55. The van der Waals surface area contributed by atoms with E-state index >= 15 is 0 Å². The van der Waals surface area contributed by atoms with Gasteiger partial charge in [-0.1, -0.05) is 30.7 Å². The van der Waals surface area contributed by atoms with Gasteiger partial charge in [0, 0.05) is 68.6 Å². The number of hydrogen-bond donors (Lipinski definition) is 1. The van der Waals surface area contributed by atoms with Crippen molar-refractivity contribution in [2.45, 2.75) is 60.3 Å². The maximum absolute atomic E-state index is 13.0. The number of pyridine rings is 1. The molecule has 244 valence electrons. The summed E-state index contributed by atoms with van der Waals surface area (Å²) in [5, 5.41) is 9.81.